The molecule has 3 aromatic carbocycles. The monoisotopic (exact) mass is 539 g/mol. The van der Waals surface area contributed by atoms with Crippen molar-refractivity contribution in [3.05, 3.63) is 100 Å². The molecule has 1 atom stereocenters. The molecule has 6 nitrogen and oxygen atoms in total. The van der Waals surface area contributed by atoms with Crippen LogP contribution in [-0.4, -0.2) is 53.7 Å². The average molecular weight is 540 g/mol. The zero-order chi connectivity index (χ0) is 26.0. The summed E-state index contributed by atoms with van der Waals surface area (Å²) in [7, 11) is 0. The van der Waals surface area contributed by atoms with Crippen LogP contribution in [0.2, 0.25) is 10.0 Å². The van der Waals surface area contributed by atoms with E-state index < -0.39 is 11.6 Å². The smallest absolute Gasteiger partial charge is 0.348 e. The van der Waals surface area contributed by atoms with Crippen molar-refractivity contribution in [3.8, 4) is 0 Å². The summed E-state index contributed by atoms with van der Waals surface area (Å²) < 4.78 is 6.62. The molecule has 3 saturated heterocycles. The predicted octanol–water partition coefficient (Wildman–Crippen LogP) is 5.02. The van der Waals surface area contributed by atoms with Gasteiger partial charge in [-0.3, -0.25) is 4.79 Å². The van der Waals surface area contributed by atoms with Crippen molar-refractivity contribution in [2.75, 3.05) is 31.5 Å². The minimum Gasteiger partial charge on any atom is -0.453 e. The van der Waals surface area contributed by atoms with Gasteiger partial charge in [-0.15, -0.1) is 0 Å². The number of nitrogens with one attached hydrogen (secondary N) is 1. The minimum atomic E-state index is -1.93. The molecule has 2 N–H and O–H groups in total. The second kappa shape index (κ2) is 10.5. The van der Waals surface area contributed by atoms with Crippen molar-refractivity contribution in [3.63, 3.8) is 0 Å². The summed E-state index contributed by atoms with van der Waals surface area (Å²) in [5.74, 6) is -0.617. The highest BCUT2D eigenvalue weighted by Gasteiger charge is 2.51. The number of hydrogen-bond acceptors (Lipinski definition) is 4. The van der Waals surface area contributed by atoms with Crippen LogP contribution in [0.15, 0.2) is 78.9 Å². The molecule has 3 aromatic rings. The van der Waals surface area contributed by atoms with Gasteiger partial charge in [-0.2, -0.15) is 0 Å². The molecule has 3 aliphatic heterocycles. The lowest BCUT2D eigenvalue weighted by molar-refractivity contribution is -0.939. The molecule has 1 unspecified atom stereocenters. The number of esters is 1. The molecule has 0 aliphatic carbocycles. The lowest BCUT2D eigenvalue weighted by atomic mass is 9.82. The van der Waals surface area contributed by atoms with E-state index in [-0.39, 0.29) is 24.5 Å². The van der Waals surface area contributed by atoms with E-state index in [1.54, 1.807) is 66.7 Å². The van der Waals surface area contributed by atoms with E-state index in [1.165, 1.54) is 0 Å². The van der Waals surface area contributed by atoms with Crippen LogP contribution in [0.1, 0.15) is 24.0 Å². The number of ether oxygens (including phenoxy) is 1. The zero-order valence-corrected chi connectivity index (χ0v) is 21.8. The standard InChI is InChI=1S/C29H28Cl2N2O4/c30-24-12-11-23(17-25(24)31)32-27(34)19-33-15-13-20(14-16-33)26(18-33)37-28(35)29(36,21-7-3-1-4-8-21)22-9-5-2-6-10-22/h1-12,17,20,26,36H,13-16,18-19H2/p+1. The highest BCUT2D eigenvalue weighted by atomic mass is 35.5. The summed E-state index contributed by atoms with van der Waals surface area (Å²) in [4.78, 5) is 26.6. The first kappa shape index (κ1) is 25.7. The number of hydrogen-bond donors (Lipinski definition) is 2. The molecule has 37 heavy (non-hydrogen) atoms. The Labute approximate surface area is 226 Å². The van der Waals surface area contributed by atoms with Gasteiger partial charge in [0.1, 0.15) is 6.54 Å². The molecule has 3 heterocycles. The molecule has 0 spiro atoms. The number of quaternary nitrogens is 1. The minimum absolute atomic E-state index is 0.131. The highest BCUT2D eigenvalue weighted by Crippen LogP contribution is 2.38. The highest BCUT2D eigenvalue weighted by molar-refractivity contribution is 6.42. The van der Waals surface area contributed by atoms with E-state index in [0.717, 1.165) is 25.9 Å². The van der Waals surface area contributed by atoms with Gasteiger partial charge in [0, 0.05) is 24.4 Å². The largest absolute Gasteiger partial charge is 0.453 e. The van der Waals surface area contributed by atoms with Gasteiger partial charge in [-0.1, -0.05) is 83.9 Å². The van der Waals surface area contributed by atoms with Crippen LogP contribution >= 0.6 is 23.2 Å². The molecule has 1 amide bonds. The lowest BCUT2D eigenvalue weighted by Gasteiger charge is -2.51. The maximum Gasteiger partial charge on any atom is 0.348 e. The fourth-order valence-electron chi connectivity index (χ4n) is 5.64. The summed E-state index contributed by atoms with van der Waals surface area (Å²) in [5.41, 5.74) is -0.428. The van der Waals surface area contributed by atoms with Gasteiger partial charge in [0.05, 0.1) is 23.1 Å². The molecule has 0 saturated carbocycles. The van der Waals surface area contributed by atoms with Crippen molar-refractivity contribution in [1.82, 2.24) is 0 Å². The van der Waals surface area contributed by atoms with Crippen molar-refractivity contribution in [2.24, 2.45) is 5.92 Å². The van der Waals surface area contributed by atoms with Gasteiger partial charge in [0.15, 0.2) is 12.6 Å². The molecule has 192 valence electrons. The number of nitrogens with zero attached hydrogens (tertiary/aromatic N) is 1. The number of anilines is 1. The fraction of sp³-hybridized carbons (Fsp3) is 0.310. The number of carbonyl (C=O) groups excluding carboxylic acids is 2. The molecule has 3 aliphatic rings. The number of halogens is 2. The first-order chi connectivity index (χ1) is 17.8. The Balaban J connectivity index is 1.32. The molecule has 6 rings (SSSR count). The van der Waals surface area contributed by atoms with Crippen LogP contribution in [0.4, 0.5) is 5.69 Å². The van der Waals surface area contributed by atoms with E-state index in [2.05, 4.69) is 5.32 Å². The number of benzene rings is 3. The third-order valence-corrected chi connectivity index (χ3v) is 8.40. The normalized spacial score (nSPS) is 22.9. The van der Waals surface area contributed by atoms with Crippen molar-refractivity contribution < 1.29 is 23.9 Å². The van der Waals surface area contributed by atoms with Crippen LogP contribution in [-0.2, 0) is 19.9 Å². The second-order valence-corrected chi connectivity index (χ2v) is 10.8. The number of aliphatic hydroxyl groups is 1. The molecule has 8 heteroatoms. The number of piperidine rings is 3. The Hall–Kier alpha value is -2.90. The van der Waals surface area contributed by atoms with Gasteiger partial charge in [0.25, 0.3) is 5.91 Å². The third-order valence-electron chi connectivity index (χ3n) is 7.66. The van der Waals surface area contributed by atoms with Crippen LogP contribution in [0.5, 0.6) is 0 Å². The van der Waals surface area contributed by atoms with Gasteiger partial charge in [0.2, 0.25) is 5.60 Å². The lowest BCUT2D eigenvalue weighted by Crippen LogP contribution is -2.66. The topological polar surface area (TPSA) is 75.6 Å². The van der Waals surface area contributed by atoms with Crippen LogP contribution in [0.25, 0.3) is 0 Å². The fourth-order valence-corrected chi connectivity index (χ4v) is 5.94. The van der Waals surface area contributed by atoms with Gasteiger partial charge >= 0.3 is 5.97 Å². The summed E-state index contributed by atoms with van der Waals surface area (Å²) in [6.07, 6.45) is 1.33. The first-order valence-electron chi connectivity index (χ1n) is 12.4. The maximum atomic E-state index is 13.7. The molecular weight excluding hydrogens is 511 g/mol. The quantitative estimate of drug-likeness (QED) is 0.326. The number of carbonyl (C=O) groups is 2. The van der Waals surface area contributed by atoms with E-state index in [9.17, 15) is 14.7 Å². The molecule has 0 aromatic heterocycles. The number of rotatable bonds is 7. The van der Waals surface area contributed by atoms with E-state index in [1.807, 2.05) is 12.1 Å². The summed E-state index contributed by atoms with van der Waals surface area (Å²) >= 11 is 12.1. The molecule has 3 fully saturated rings. The van der Waals surface area contributed by atoms with Crippen molar-refractivity contribution in [1.29, 1.82) is 0 Å². The van der Waals surface area contributed by atoms with Crippen molar-refractivity contribution in [2.45, 2.75) is 24.5 Å². The van der Waals surface area contributed by atoms with Crippen LogP contribution < -0.4 is 5.32 Å². The predicted molar refractivity (Wildman–Crippen MR) is 143 cm³/mol. The summed E-state index contributed by atoms with van der Waals surface area (Å²) in [6.45, 7) is 2.48. The zero-order valence-electron chi connectivity index (χ0n) is 20.3. The third kappa shape index (κ3) is 5.25. The van der Waals surface area contributed by atoms with Gasteiger partial charge in [-0.05, 0) is 29.3 Å². The Morgan fingerprint density at radius 3 is 2.08 bits per heavy atom. The summed E-state index contributed by atoms with van der Waals surface area (Å²) in [6, 6.07) is 22.7. The summed E-state index contributed by atoms with van der Waals surface area (Å²) in [5, 5.41) is 15.5. The van der Waals surface area contributed by atoms with Crippen LogP contribution in [0, 0.1) is 5.92 Å². The van der Waals surface area contributed by atoms with Gasteiger partial charge in [-0.25, -0.2) is 4.79 Å². The number of fused-ring (bicyclic) bond motifs is 3. The Bertz CT molecular complexity index is 1240. The molecule has 0 radical (unpaired) electrons. The Morgan fingerprint density at radius 2 is 1.51 bits per heavy atom. The van der Waals surface area contributed by atoms with E-state index in [0.29, 0.717) is 37.9 Å². The van der Waals surface area contributed by atoms with Gasteiger partial charge < -0.3 is 19.6 Å². The molecule has 2 bridgehead atoms. The van der Waals surface area contributed by atoms with E-state index >= 15 is 0 Å². The first-order valence-corrected chi connectivity index (χ1v) is 13.2. The Morgan fingerprint density at radius 1 is 0.919 bits per heavy atom. The van der Waals surface area contributed by atoms with Crippen molar-refractivity contribution >= 4 is 40.8 Å². The van der Waals surface area contributed by atoms with Crippen LogP contribution in [0.3, 0.4) is 0 Å². The second-order valence-electron chi connectivity index (χ2n) is 10.0. The number of amides is 1. The molecular formula is C29H29Cl2N2O4+. The van der Waals surface area contributed by atoms with E-state index in [4.69, 9.17) is 27.9 Å². The SMILES string of the molecule is O=C(C[N+]12CCC(CC1)C(OC(=O)C(O)(c1ccccc1)c1ccccc1)C2)Nc1ccc(Cl)c(Cl)c1. The Kier molecular flexibility index (Phi) is 7.28. The maximum absolute atomic E-state index is 13.7. The average Bonchev–Trinajstić information content (AvgIpc) is 2.91.